The first-order valence-corrected chi connectivity index (χ1v) is 12.2. The molecule has 1 amide bonds. The summed E-state index contributed by atoms with van der Waals surface area (Å²) in [7, 11) is 0. The number of rotatable bonds is 10. The summed E-state index contributed by atoms with van der Waals surface area (Å²) in [6.07, 6.45) is 0.380. The molecule has 0 saturated heterocycles. The van der Waals surface area contributed by atoms with Crippen LogP contribution in [0.4, 0.5) is 15.8 Å². The van der Waals surface area contributed by atoms with Crippen LogP contribution in [0.5, 0.6) is 0 Å². The van der Waals surface area contributed by atoms with E-state index in [9.17, 15) is 14.0 Å². The number of aryl methyl sites for hydroxylation is 1. The van der Waals surface area contributed by atoms with E-state index < -0.39 is 17.7 Å². The molecular formula is C29H30FN3O3. The molecular weight excluding hydrogens is 457 g/mol. The van der Waals surface area contributed by atoms with E-state index in [1.165, 1.54) is 17.7 Å². The van der Waals surface area contributed by atoms with Crippen LogP contribution in [0, 0.1) is 5.82 Å². The van der Waals surface area contributed by atoms with Gasteiger partial charge in [-0.25, -0.2) is 4.39 Å². The lowest BCUT2D eigenvalue weighted by atomic mass is 9.89. The summed E-state index contributed by atoms with van der Waals surface area (Å²) in [5, 5.41) is 11.9. The van der Waals surface area contributed by atoms with Gasteiger partial charge in [-0.2, -0.15) is 0 Å². The fraction of sp³-hybridized carbons (Fsp3) is 0.276. The largest absolute Gasteiger partial charge is 0.481 e. The topological polar surface area (TPSA) is 82.0 Å². The smallest absolute Gasteiger partial charge is 0.303 e. The van der Waals surface area contributed by atoms with Crippen molar-refractivity contribution in [2.24, 2.45) is 4.99 Å². The van der Waals surface area contributed by atoms with Gasteiger partial charge < -0.3 is 10.4 Å². The monoisotopic (exact) mass is 487 g/mol. The Morgan fingerprint density at radius 2 is 1.78 bits per heavy atom. The highest BCUT2D eigenvalue weighted by atomic mass is 19.1. The minimum atomic E-state index is -0.870. The Morgan fingerprint density at radius 3 is 2.47 bits per heavy atom. The van der Waals surface area contributed by atoms with Crippen LogP contribution in [-0.4, -0.2) is 40.7 Å². The lowest BCUT2D eigenvalue weighted by Gasteiger charge is -2.18. The van der Waals surface area contributed by atoms with Crippen molar-refractivity contribution in [2.75, 3.05) is 18.4 Å². The number of carbonyl (C=O) groups is 2. The van der Waals surface area contributed by atoms with Crippen LogP contribution in [0.2, 0.25) is 0 Å². The number of halogens is 1. The lowest BCUT2D eigenvalue weighted by Crippen LogP contribution is -2.22. The zero-order valence-electron chi connectivity index (χ0n) is 20.5. The normalized spacial score (nSPS) is 15.2. The average Bonchev–Trinajstić information content (AvgIpc) is 3.20. The molecule has 0 spiro atoms. The van der Waals surface area contributed by atoms with E-state index in [1.54, 1.807) is 6.07 Å². The van der Waals surface area contributed by atoms with Crippen molar-refractivity contribution in [1.82, 2.24) is 4.90 Å². The summed E-state index contributed by atoms with van der Waals surface area (Å²) < 4.78 is 13.8. The van der Waals surface area contributed by atoms with Crippen LogP contribution in [0.3, 0.4) is 0 Å². The first-order chi connectivity index (χ1) is 17.4. The Hall–Kier alpha value is -3.84. The fourth-order valence-corrected chi connectivity index (χ4v) is 4.46. The summed E-state index contributed by atoms with van der Waals surface area (Å²) >= 11 is 0. The number of nitrogens with zero attached hydrogens (tertiary/aromatic N) is 2. The Balaban J connectivity index is 1.75. The van der Waals surface area contributed by atoms with Gasteiger partial charge in [-0.15, -0.1) is 0 Å². The van der Waals surface area contributed by atoms with Crippen LogP contribution in [0.1, 0.15) is 48.4 Å². The molecule has 1 aliphatic rings. The van der Waals surface area contributed by atoms with Crippen LogP contribution in [0.15, 0.2) is 71.7 Å². The highest BCUT2D eigenvalue weighted by Crippen LogP contribution is 2.37. The molecule has 0 aromatic heterocycles. The predicted molar refractivity (Wildman–Crippen MR) is 139 cm³/mol. The standard InChI is InChI=1S/C29H30FN3O3/c1-3-33(4-2)18-20-8-12-23(13-9-20)31-28(21-7-5-6-19(16-21)10-15-26(34)35)27-24-14-11-22(30)17-25(24)32-29(27)36/h5-9,11-14,16-17,27H,3-4,10,15,18H2,1-2H3,(H,32,36)(H,34,35). The number of benzene rings is 3. The van der Waals surface area contributed by atoms with Gasteiger partial charge in [0.05, 0.1) is 11.4 Å². The summed E-state index contributed by atoms with van der Waals surface area (Å²) in [4.78, 5) is 31.4. The van der Waals surface area contributed by atoms with Crippen LogP contribution < -0.4 is 5.32 Å². The third kappa shape index (κ3) is 5.86. The second-order valence-electron chi connectivity index (χ2n) is 8.87. The first-order valence-electron chi connectivity index (χ1n) is 12.2. The van der Waals surface area contributed by atoms with Crippen LogP contribution in [0.25, 0.3) is 0 Å². The van der Waals surface area contributed by atoms with Gasteiger partial charge in [0.2, 0.25) is 5.91 Å². The molecule has 6 nitrogen and oxygen atoms in total. The summed E-state index contributed by atoms with van der Waals surface area (Å²) in [6, 6.07) is 19.7. The van der Waals surface area contributed by atoms with Gasteiger partial charge in [0.25, 0.3) is 0 Å². The highest BCUT2D eigenvalue weighted by Gasteiger charge is 2.35. The number of hydrogen-bond acceptors (Lipinski definition) is 4. The van der Waals surface area contributed by atoms with Crippen molar-refractivity contribution < 1.29 is 19.1 Å². The molecule has 36 heavy (non-hydrogen) atoms. The van der Waals surface area contributed by atoms with Crippen molar-refractivity contribution in [3.05, 3.63) is 94.8 Å². The van der Waals surface area contributed by atoms with Gasteiger partial charge in [0.15, 0.2) is 0 Å². The lowest BCUT2D eigenvalue weighted by molar-refractivity contribution is -0.137. The maximum absolute atomic E-state index is 13.8. The van der Waals surface area contributed by atoms with Crippen LogP contribution >= 0.6 is 0 Å². The maximum Gasteiger partial charge on any atom is 0.303 e. The minimum Gasteiger partial charge on any atom is -0.481 e. The zero-order valence-corrected chi connectivity index (χ0v) is 20.5. The van der Waals surface area contributed by atoms with E-state index in [1.807, 2.05) is 48.5 Å². The molecule has 2 N–H and O–H groups in total. The number of aliphatic imine (C=N–C) groups is 1. The molecule has 0 saturated carbocycles. The Morgan fingerprint density at radius 1 is 1.03 bits per heavy atom. The highest BCUT2D eigenvalue weighted by molar-refractivity contribution is 6.24. The van der Waals surface area contributed by atoms with E-state index in [0.29, 0.717) is 29.1 Å². The zero-order chi connectivity index (χ0) is 25.7. The van der Waals surface area contributed by atoms with Crippen molar-refractivity contribution in [1.29, 1.82) is 0 Å². The van der Waals surface area contributed by atoms with Crippen molar-refractivity contribution in [3.8, 4) is 0 Å². The number of carboxylic acid groups (broad SMARTS) is 1. The molecule has 1 unspecified atom stereocenters. The van der Waals surface area contributed by atoms with Gasteiger partial charge in [-0.1, -0.05) is 50.2 Å². The number of carboxylic acids is 1. The molecule has 4 rings (SSSR count). The molecule has 1 aliphatic heterocycles. The first kappa shape index (κ1) is 25.3. The number of anilines is 1. The molecule has 1 heterocycles. The van der Waals surface area contributed by atoms with Gasteiger partial charge in [-0.05, 0) is 72.1 Å². The molecule has 0 aliphatic carbocycles. The summed E-state index contributed by atoms with van der Waals surface area (Å²) in [6.45, 7) is 7.05. The third-order valence-corrected chi connectivity index (χ3v) is 6.46. The van der Waals surface area contributed by atoms with Crippen molar-refractivity contribution in [2.45, 2.75) is 39.2 Å². The summed E-state index contributed by atoms with van der Waals surface area (Å²) in [5.41, 5.74) is 5.08. The Kier molecular flexibility index (Phi) is 7.90. The molecule has 7 heteroatoms. The molecule has 3 aromatic rings. The second kappa shape index (κ2) is 11.3. The minimum absolute atomic E-state index is 0.00988. The Bertz CT molecular complexity index is 1280. The van der Waals surface area contributed by atoms with Crippen LogP contribution in [-0.2, 0) is 22.6 Å². The van der Waals surface area contributed by atoms with E-state index in [-0.39, 0.29) is 12.3 Å². The molecule has 0 fully saturated rings. The predicted octanol–water partition coefficient (Wildman–Crippen LogP) is 5.54. The molecule has 3 aromatic carbocycles. The van der Waals surface area contributed by atoms with Gasteiger partial charge >= 0.3 is 5.97 Å². The van der Waals surface area contributed by atoms with Crippen molar-refractivity contribution >= 4 is 29.0 Å². The number of carbonyl (C=O) groups excluding carboxylic acids is 1. The number of aliphatic carboxylic acids is 1. The quantitative estimate of drug-likeness (QED) is 0.368. The van der Waals surface area contributed by atoms with Gasteiger partial charge in [-0.3, -0.25) is 19.5 Å². The average molecular weight is 488 g/mol. The Labute approximate surface area is 210 Å². The third-order valence-electron chi connectivity index (χ3n) is 6.46. The number of fused-ring (bicyclic) bond motifs is 1. The van der Waals surface area contributed by atoms with Gasteiger partial charge in [0, 0.05) is 18.7 Å². The molecule has 1 atom stereocenters. The number of nitrogens with one attached hydrogen (secondary N) is 1. The van der Waals surface area contributed by atoms with E-state index in [0.717, 1.165) is 30.8 Å². The maximum atomic E-state index is 13.8. The molecule has 0 bridgehead atoms. The van der Waals surface area contributed by atoms with E-state index in [2.05, 4.69) is 24.1 Å². The van der Waals surface area contributed by atoms with Crippen molar-refractivity contribution in [3.63, 3.8) is 0 Å². The summed E-state index contributed by atoms with van der Waals surface area (Å²) in [5.74, 6) is -2.29. The van der Waals surface area contributed by atoms with E-state index in [4.69, 9.17) is 10.1 Å². The van der Waals surface area contributed by atoms with E-state index >= 15 is 0 Å². The fourth-order valence-electron chi connectivity index (χ4n) is 4.46. The SMILES string of the molecule is CCN(CC)Cc1ccc(N=C(c2cccc(CCC(=O)O)c2)C2C(=O)Nc3cc(F)ccc32)cc1. The number of hydrogen-bond donors (Lipinski definition) is 2. The van der Waals surface area contributed by atoms with Gasteiger partial charge in [0.1, 0.15) is 11.7 Å². The second-order valence-corrected chi connectivity index (χ2v) is 8.87. The number of amides is 1. The molecule has 186 valence electrons. The molecule has 0 radical (unpaired) electrons.